The minimum atomic E-state index is -0.549. The van der Waals surface area contributed by atoms with Crippen molar-refractivity contribution in [1.82, 2.24) is 0 Å². The summed E-state index contributed by atoms with van der Waals surface area (Å²) < 4.78 is 5.68. The quantitative estimate of drug-likeness (QED) is 0.389. The van der Waals surface area contributed by atoms with E-state index in [1.165, 1.54) is 0 Å². The van der Waals surface area contributed by atoms with Crippen LogP contribution in [0.5, 0.6) is 0 Å². The van der Waals surface area contributed by atoms with Gasteiger partial charge in [0.15, 0.2) is 5.78 Å². The number of carbonyl (C=O) groups excluding carboxylic acids is 2. The second-order valence-corrected chi connectivity index (χ2v) is 6.08. The van der Waals surface area contributed by atoms with E-state index < -0.39 is 12.1 Å². The zero-order valence-electron chi connectivity index (χ0n) is 14.0. The lowest BCUT2D eigenvalue weighted by Crippen LogP contribution is -2.11. The van der Waals surface area contributed by atoms with Gasteiger partial charge in [-0.1, -0.05) is 73.3 Å². The SMILES string of the molecule is C=CC(OC(=O)c1cccc2c1-c1ccccc1C2=O)c1ccccc1. The first kappa shape index (κ1) is 16.0. The number of hydrogen-bond donors (Lipinski definition) is 0. The van der Waals surface area contributed by atoms with E-state index in [0.29, 0.717) is 22.3 Å². The van der Waals surface area contributed by atoms with Crippen molar-refractivity contribution in [2.24, 2.45) is 0 Å². The Morgan fingerprint density at radius 1 is 0.846 bits per heavy atom. The summed E-state index contributed by atoms with van der Waals surface area (Å²) in [5.41, 5.74) is 3.81. The highest BCUT2D eigenvalue weighted by atomic mass is 16.5. The maximum absolute atomic E-state index is 12.9. The highest BCUT2D eigenvalue weighted by molar-refractivity contribution is 6.24. The van der Waals surface area contributed by atoms with Crippen molar-refractivity contribution >= 4 is 11.8 Å². The molecule has 26 heavy (non-hydrogen) atoms. The molecular formula is C23H16O3. The Morgan fingerprint density at radius 3 is 2.23 bits per heavy atom. The van der Waals surface area contributed by atoms with Crippen molar-refractivity contribution in [3.63, 3.8) is 0 Å². The summed E-state index contributed by atoms with van der Waals surface area (Å²) in [6.07, 6.45) is 1.04. The van der Waals surface area contributed by atoms with Crippen molar-refractivity contribution in [2.75, 3.05) is 0 Å². The van der Waals surface area contributed by atoms with Gasteiger partial charge in [-0.2, -0.15) is 0 Å². The molecule has 0 aliphatic heterocycles. The van der Waals surface area contributed by atoms with E-state index in [9.17, 15) is 9.59 Å². The van der Waals surface area contributed by atoms with Crippen molar-refractivity contribution < 1.29 is 14.3 Å². The molecule has 0 aromatic heterocycles. The number of benzene rings is 3. The van der Waals surface area contributed by atoms with Gasteiger partial charge in [0.25, 0.3) is 0 Å². The van der Waals surface area contributed by atoms with E-state index in [1.54, 1.807) is 30.3 Å². The van der Waals surface area contributed by atoms with E-state index in [2.05, 4.69) is 6.58 Å². The zero-order valence-corrected chi connectivity index (χ0v) is 14.0. The Morgan fingerprint density at radius 2 is 1.50 bits per heavy atom. The van der Waals surface area contributed by atoms with Crippen LogP contribution in [0.3, 0.4) is 0 Å². The predicted octanol–water partition coefficient (Wildman–Crippen LogP) is 4.98. The number of rotatable bonds is 4. The van der Waals surface area contributed by atoms with Crippen LogP contribution in [0.4, 0.5) is 0 Å². The largest absolute Gasteiger partial charge is 0.450 e. The number of ether oxygens (including phenoxy) is 1. The van der Waals surface area contributed by atoms with Gasteiger partial charge in [-0.05, 0) is 23.3 Å². The average Bonchev–Trinajstić information content (AvgIpc) is 2.99. The summed E-state index contributed by atoms with van der Waals surface area (Å²) in [7, 11) is 0. The van der Waals surface area contributed by atoms with Crippen LogP contribution in [-0.2, 0) is 4.74 Å². The minimum absolute atomic E-state index is 0.0615. The molecule has 0 N–H and O–H groups in total. The number of fused-ring (bicyclic) bond motifs is 3. The molecule has 0 fully saturated rings. The Kier molecular flexibility index (Phi) is 3.98. The van der Waals surface area contributed by atoms with Crippen LogP contribution in [0, 0.1) is 0 Å². The number of esters is 1. The van der Waals surface area contributed by atoms with Gasteiger partial charge < -0.3 is 4.74 Å². The number of carbonyl (C=O) groups is 2. The molecule has 1 atom stereocenters. The fourth-order valence-electron chi connectivity index (χ4n) is 3.32. The minimum Gasteiger partial charge on any atom is -0.450 e. The first-order valence-electron chi connectivity index (χ1n) is 8.36. The molecule has 0 spiro atoms. The van der Waals surface area contributed by atoms with E-state index in [0.717, 1.165) is 11.1 Å². The zero-order chi connectivity index (χ0) is 18.1. The van der Waals surface area contributed by atoms with Crippen LogP contribution in [0.15, 0.2) is 85.5 Å². The normalized spacial score (nSPS) is 12.8. The molecule has 0 heterocycles. The van der Waals surface area contributed by atoms with E-state index >= 15 is 0 Å². The van der Waals surface area contributed by atoms with Crippen LogP contribution < -0.4 is 0 Å². The first-order valence-corrected chi connectivity index (χ1v) is 8.36. The van der Waals surface area contributed by atoms with Crippen molar-refractivity contribution in [2.45, 2.75) is 6.10 Å². The molecule has 3 aromatic carbocycles. The summed E-state index contributed by atoms with van der Waals surface area (Å²) in [6, 6.07) is 21.9. The first-order chi connectivity index (χ1) is 12.7. The van der Waals surface area contributed by atoms with Crippen molar-refractivity contribution in [3.8, 4) is 11.1 Å². The van der Waals surface area contributed by atoms with Gasteiger partial charge in [0.2, 0.25) is 0 Å². The molecule has 1 aliphatic carbocycles. The lowest BCUT2D eigenvalue weighted by Gasteiger charge is -2.16. The molecule has 126 valence electrons. The summed E-state index contributed by atoms with van der Waals surface area (Å²) in [5, 5.41) is 0. The van der Waals surface area contributed by atoms with Gasteiger partial charge in [-0.3, -0.25) is 4.79 Å². The van der Waals surface area contributed by atoms with Gasteiger partial charge in [0, 0.05) is 16.7 Å². The molecular weight excluding hydrogens is 324 g/mol. The summed E-state index contributed by atoms with van der Waals surface area (Å²) in [4.78, 5) is 25.5. The third-order valence-electron chi connectivity index (χ3n) is 4.55. The third-order valence-corrected chi connectivity index (χ3v) is 4.55. The summed E-state index contributed by atoms with van der Waals surface area (Å²) >= 11 is 0. The molecule has 0 bridgehead atoms. The molecule has 3 aromatic rings. The molecule has 4 rings (SSSR count). The lowest BCUT2D eigenvalue weighted by atomic mass is 9.99. The second-order valence-electron chi connectivity index (χ2n) is 6.08. The smallest absolute Gasteiger partial charge is 0.339 e. The molecule has 0 radical (unpaired) electrons. The standard InChI is InChI=1S/C23H16O3/c1-2-20(15-9-4-3-5-10-15)26-23(25)19-14-8-13-18-21(19)16-11-6-7-12-17(16)22(18)24/h2-14,20H,1H2. The Bertz CT molecular complexity index is 1020. The van der Waals surface area contributed by atoms with Crippen LogP contribution in [0.25, 0.3) is 11.1 Å². The van der Waals surface area contributed by atoms with Gasteiger partial charge in [-0.25, -0.2) is 4.79 Å². The molecule has 3 nitrogen and oxygen atoms in total. The van der Waals surface area contributed by atoms with Crippen LogP contribution >= 0.6 is 0 Å². The molecule has 0 amide bonds. The molecule has 3 heteroatoms. The van der Waals surface area contributed by atoms with Gasteiger partial charge in [-0.15, -0.1) is 0 Å². The summed E-state index contributed by atoms with van der Waals surface area (Å²) in [6.45, 7) is 3.77. The van der Waals surface area contributed by atoms with Gasteiger partial charge in [0.1, 0.15) is 6.10 Å². The van der Waals surface area contributed by atoms with Crippen LogP contribution in [0.1, 0.15) is 37.9 Å². The van der Waals surface area contributed by atoms with Gasteiger partial charge >= 0.3 is 5.97 Å². The maximum atomic E-state index is 12.9. The molecule has 0 saturated carbocycles. The Balaban J connectivity index is 1.74. The average molecular weight is 340 g/mol. The lowest BCUT2D eigenvalue weighted by molar-refractivity contribution is 0.0393. The van der Waals surface area contributed by atoms with Crippen LogP contribution in [-0.4, -0.2) is 11.8 Å². The highest BCUT2D eigenvalue weighted by Crippen LogP contribution is 2.39. The highest BCUT2D eigenvalue weighted by Gasteiger charge is 2.31. The van der Waals surface area contributed by atoms with Crippen molar-refractivity contribution in [1.29, 1.82) is 0 Å². The molecule has 0 saturated heterocycles. The topological polar surface area (TPSA) is 43.4 Å². The molecule has 1 aliphatic rings. The fraction of sp³-hybridized carbons (Fsp3) is 0.0435. The van der Waals surface area contributed by atoms with Crippen molar-refractivity contribution in [3.05, 3.63) is 108 Å². The van der Waals surface area contributed by atoms with Crippen LogP contribution in [0.2, 0.25) is 0 Å². The van der Waals surface area contributed by atoms with E-state index in [4.69, 9.17) is 4.74 Å². The monoisotopic (exact) mass is 340 g/mol. The summed E-state index contributed by atoms with van der Waals surface area (Å²) in [5.74, 6) is -0.534. The number of ketones is 1. The third kappa shape index (κ3) is 2.54. The predicted molar refractivity (Wildman–Crippen MR) is 100 cm³/mol. The Hall–Kier alpha value is -3.46. The number of hydrogen-bond acceptors (Lipinski definition) is 3. The molecule has 1 unspecified atom stereocenters. The van der Waals surface area contributed by atoms with Gasteiger partial charge in [0.05, 0.1) is 5.56 Å². The maximum Gasteiger partial charge on any atom is 0.339 e. The second kappa shape index (κ2) is 6.45. The van der Waals surface area contributed by atoms with E-state index in [1.807, 2.05) is 48.5 Å². The fourth-order valence-corrected chi connectivity index (χ4v) is 3.32. The van der Waals surface area contributed by atoms with E-state index in [-0.39, 0.29) is 5.78 Å². The Labute approximate surface area is 151 Å².